The summed E-state index contributed by atoms with van der Waals surface area (Å²) in [6, 6.07) is 14.6. The summed E-state index contributed by atoms with van der Waals surface area (Å²) in [5.74, 6) is 2.48. The van der Waals surface area contributed by atoms with Gasteiger partial charge in [-0.2, -0.15) is 0 Å². The Labute approximate surface area is 212 Å². The van der Waals surface area contributed by atoms with Crippen molar-refractivity contribution >= 4 is 17.5 Å². The first-order valence-electron chi connectivity index (χ1n) is 13.6. The Bertz CT molecular complexity index is 1240. The molecule has 5 fully saturated rings. The van der Waals surface area contributed by atoms with Crippen LogP contribution in [0.1, 0.15) is 60.0 Å². The van der Waals surface area contributed by atoms with Crippen LogP contribution in [0.4, 0.5) is 0 Å². The first-order valence-corrected chi connectivity index (χ1v) is 14.0. The highest BCUT2D eigenvalue weighted by molar-refractivity contribution is 6.30. The van der Waals surface area contributed by atoms with E-state index in [-0.39, 0.29) is 22.8 Å². The highest BCUT2D eigenvalue weighted by atomic mass is 35.5. The predicted molar refractivity (Wildman–Crippen MR) is 136 cm³/mol. The number of rotatable bonds is 3. The highest BCUT2D eigenvalue weighted by Gasteiger charge is 2.76. The number of hydrogen-bond acceptors (Lipinski definition) is 3. The average Bonchev–Trinajstić information content (AvgIpc) is 3.54. The molecule has 35 heavy (non-hydrogen) atoms. The Morgan fingerprint density at radius 3 is 2.83 bits per heavy atom. The lowest BCUT2D eigenvalue weighted by atomic mass is 9.43. The van der Waals surface area contributed by atoms with Crippen LogP contribution in [0, 0.1) is 23.2 Å². The highest BCUT2D eigenvalue weighted by Crippen LogP contribution is 2.75. The Morgan fingerprint density at radius 2 is 2.00 bits per heavy atom. The zero-order valence-electron chi connectivity index (χ0n) is 20.1. The van der Waals surface area contributed by atoms with E-state index in [1.54, 1.807) is 0 Å². The van der Waals surface area contributed by atoms with Crippen molar-refractivity contribution in [3.05, 3.63) is 64.2 Å². The molecular weight excluding hydrogens is 456 g/mol. The summed E-state index contributed by atoms with van der Waals surface area (Å²) in [7, 11) is 0. The van der Waals surface area contributed by atoms with Crippen molar-refractivity contribution in [1.82, 2.24) is 9.80 Å². The van der Waals surface area contributed by atoms with Crippen LogP contribution in [0.5, 0.6) is 5.75 Å². The third-order valence-corrected chi connectivity index (χ3v) is 11.3. The van der Waals surface area contributed by atoms with Gasteiger partial charge in [0.25, 0.3) is 5.91 Å². The maximum Gasteiger partial charge on any atom is 0.254 e. The van der Waals surface area contributed by atoms with E-state index in [9.17, 15) is 9.90 Å². The Hall–Kier alpha value is -2.04. The van der Waals surface area contributed by atoms with Gasteiger partial charge in [0.1, 0.15) is 5.75 Å². The first kappa shape index (κ1) is 21.1. The minimum Gasteiger partial charge on any atom is -0.508 e. The number of nitrogens with zero attached hydrogens (tertiary/aromatic N) is 2. The summed E-state index contributed by atoms with van der Waals surface area (Å²) in [6.45, 7) is 3.30. The largest absolute Gasteiger partial charge is 0.508 e. The van der Waals surface area contributed by atoms with Crippen LogP contribution < -0.4 is 0 Å². The first-order chi connectivity index (χ1) is 17.0. The molecule has 1 amide bonds. The third kappa shape index (κ3) is 2.65. The van der Waals surface area contributed by atoms with E-state index in [1.165, 1.54) is 49.8 Å². The molecule has 0 spiro atoms. The number of halogens is 1. The molecule has 1 N–H and O–H groups in total. The van der Waals surface area contributed by atoms with E-state index in [2.05, 4.69) is 21.9 Å². The Kier molecular flexibility index (Phi) is 4.24. The molecule has 2 heterocycles. The number of hydrogen-bond donors (Lipinski definition) is 1. The van der Waals surface area contributed by atoms with E-state index in [0.29, 0.717) is 34.2 Å². The van der Waals surface area contributed by atoms with Gasteiger partial charge >= 0.3 is 0 Å². The zero-order chi connectivity index (χ0) is 23.5. The molecule has 0 aromatic heterocycles. The van der Waals surface area contributed by atoms with Crippen LogP contribution in [0.2, 0.25) is 5.02 Å². The van der Waals surface area contributed by atoms with Crippen LogP contribution in [0.15, 0.2) is 42.5 Å². The van der Waals surface area contributed by atoms with Crippen molar-refractivity contribution in [3.63, 3.8) is 0 Å². The topological polar surface area (TPSA) is 43.8 Å². The fraction of sp³-hybridized carbons (Fsp3) is 0.567. The molecule has 4 aliphatic carbocycles. The number of phenolic OH excluding ortho intramolecular Hbond substituents is 1. The molecule has 2 saturated heterocycles. The van der Waals surface area contributed by atoms with Gasteiger partial charge in [-0.15, -0.1) is 0 Å². The van der Waals surface area contributed by atoms with Gasteiger partial charge in [0.15, 0.2) is 0 Å². The smallest absolute Gasteiger partial charge is 0.254 e. The second-order valence-corrected chi connectivity index (χ2v) is 12.9. The lowest BCUT2D eigenvalue weighted by Crippen LogP contribution is -2.69. The summed E-state index contributed by atoms with van der Waals surface area (Å²) < 4.78 is 0. The lowest BCUT2D eigenvalue weighted by molar-refractivity contribution is -0.102. The number of aromatic hydroxyl groups is 1. The number of fused-ring (bicyclic) bond motifs is 1. The van der Waals surface area contributed by atoms with Gasteiger partial charge < -0.3 is 10.0 Å². The average molecular weight is 489 g/mol. The van der Waals surface area contributed by atoms with Gasteiger partial charge in [-0.25, -0.2) is 0 Å². The molecule has 2 aromatic rings. The summed E-state index contributed by atoms with van der Waals surface area (Å²) >= 11 is 6.25. The molecule has 4 bridgehead atoms. The minimum absolute atomic E-state index is 0.0843. The van der Waals surface area contributed by atoms with Crippen LogP contribution in [0.25, 0.3) is 0 Å². The number of phenols is 1. The summed E-state index contributed by atoms with van der Waals surface area (Å²) in [6.07, 6.45) is 8.64. The second kappa shape index (κ2) is 7.04. The van der Waals surface area contributed by atoms with Crippen molar-refractivity contribution in [3.8, 4) is 5.75 Å². The van der Waals surface area contributed by atoms with Crippen LogP contribution >= 0.6 is 11.6 Å². The molecule has 6 atom stereocenters. The van der Waals surface area contributed by atoms with Gasteiger partial charge in [-0.05, 0) is 116 Å². The van der Waals surface area contributed by atoms with Crippen LogP contribution in [-0.4, -0.2) is 52.5 Å². The van der Waals surface area contributed by atoms with Gasteiger partial charge in [0, 0.05) is 41.2 Å². The molecule has 6 aliphatic rings. The number of benzene rings is 2. The molecule has 5 heteroatoms. The maximum atomic E-state index is 13.7. The fourth-order valence-electron chi connectivity index (χ4n) is 9.97. The maximum absolute atomic E-state index is 13.7. The molecular formula is C30H33ClN2O2. The molecule has 5 unspecified atom stereocenters. The molecule has 8 rings (SSSR count). The molecule has 2 aromatic carbocycles. The number of amides is 1. The van der Waals surface area contributed by atoms with Crippen molar-refractivity contribution in [2.75, 3.05) is 19.6 Å². The monoisotopic (exact) mass is 488 g/mol. The van der Waals surface area contributed by atoms with E-state index < -0.39 is 0 Å². The molecule has 3 saturated carbocycles. The van der Waals surface area contributed by atoms with Gasteiger partial charge in [-0.1, -0.05) is 23.7 Å². The van der Waals surface area contributed by atoms with Gasteiger partial charge in [0.2, 0.25) is 0 Å². The normalized spacial score (nSPS) is 38.8. The number of carbonyl (C=O) groups is 1. The van der Waals surface area contributed by atoms with Gasteiger partial charge in [-0.3, -0.25) is 9.69 Å². The molecule has 2 aliphatic heterocycles. The molecule has 0 radical (unpaired) electrons. The number of carbonyl (C=O) groups excluding carboxylic acids is 1. The lowest BCUT2D eigenvalue weighted by Gasteiger charge is -2.66. The van der Waals surface area contributed by atoms with Gasteiger partial charge in [0.05, 0.1) is 0 Å². The van der Waals surface area contributed by atoms with Crippen LogP contribution in [0.3, 0.4) is 0 Å². The summed E-state index contributed by atoms with van der Waals surface area (Å²) in [5, 5.41) is 11.2. The zero-order valence-corrected chi connectivity index (χ0v) is 20.9. The van der Waals surface area contributed by atoms with Crippen LogP contribution in [-0.2, 0) is 11.8 Å². The van der Waals surface area contributed by atoms with E-state index in [1.807, 2.05) is 30.3 Å². The SMILES string of the molecule is O=C(c1cccc(Cl)c1)N1C[C@H]2CC34CCC1C2C31CCN(CC2CC2)C4Cc2ccc(O)cc21. The minimum atomic E-state index is 0.0843. The molecule has 4 nitrogen and oxygen atoms in total. The summed E-state index contributed by atoms with van der Waals surface area (Å²) in [5.41, 5.74) is 3.96. The number of piperidine rings is 1. The van der Waals surface area contributed by atoms with Crippen molar-refractivity contribution in [2.24, 2.45) is 23.2 Å². The Balaban J connectivity index is 1.24. The standard InChI is InChI=1S/C30H33ClN2O2/c31-22-3-1-2-20(12-22)28(35)33-17-21-15-29-9-8-25(33)27(21)30(29)10-11-32(16-18-4-5-18)26(29)13-19-6-7-23(34)14-24(19)30/h1-3,6-7,12,14,18,21,25-27,34H,4-5,8-11,13,15-17H2/t21-,25?,26?,27?,29?,30?/m1/s1. The number of likely N-dealkylation sites (tertiary alicyclic amines) is 2. The van der Waals surface area contributed by atoms with E-state index >= 15 is 0 Å². The third-order valence-electron chi connectivity index (χ3n) is 11.1. The van der Waals surface area contributed by atoms with E-state index in [4.69, 9.17) is 11.6 Å². The van der Waals surface area contributed by atoms with E-state index in [0.717, 1.165) is 31.8 Å². The van der Waals surface area contributed by atoms with Crippen molar-refractivity contribution in [2.45, 2.75) is 62.4 Å². The van der Waals surface area contributed by atoms with Crippen molar-refractivity contribution in [1.29, 1.82) is 0 Å². The quantitative estimate of drug-likeness (QED) is 0.640. The second-order valence-electron chi connectivity index (χ2n) is 12.4. The fourth-order valence-corrected chi connectivity index (χ4v) is 10.2. The van der Waals surface area contributed by atoms with Crippen molar-refractivity contribution < 1.29 is 9.90 Å². The predicted octanol–water partition coefficient (Wildman–Crippen LogP) is 5.26. The summed E-state index contributed by atoms with van der Waals surface area (Å²) in [4.78, 5) is 18.8. The Morgan fingerprint density at radius 1 is 1.11 bits per heavy atom. The molecule has 182 valence electrons.